The van der Waals surface area contributed by atoms with Gasteiger partial charge in [-0.3, -0.25) is 0 Å². The van der Waals surface area contributed by atoms with Crippen LogP contribution < -0.4 is 15.1 Å². The highest BCUT2D eigenvalue weighted by Gasteiger charge is 2.13. The molecule has 108 valence electrons. The number of hydrogen-bond acceptors (Lipinski definition) is 8. The van der Waals surface area contributed by atoms with Crippen LogP contribution in [-0.4, -0.2) is 48.1 Å². The second-order valence-electron chi connectivity index (χ2n) is 4.62. The molecule has 0 aliphatic rings. The van der Waals surface area contributed by atoms with E-state index in [4.69, 9.17) is 0 Å². The summed E-state index contributed by atoms with van der Waals surface area (Å²) in [4.78, 5) is 22.5. The zero-order valence-corrected chi connectivity index (χ0v) is 13.2. The second-order valence-corrected chi connectivity index (χ2v) is 5.56. The maximum Gasteiger partial charge on any atom is 0.232 e. The molecule has 0 aliphatic carbocycles. The van der Waals surface area contributed by atoms with E-state index in [0.717, 1.165) is 12.2 Å². The number of rotatable bonds is 5. The largest absolute Gasteiger partial charge is 0.357 e. The van der Waals surface area contributed by atoms with E-state index in [1.807, 2.05) is 43.4 Å². The summed E-state index contributed by atoms with van der Waals surface area (Å²) < 4.78 is 0. The van der Waals surface area contributed by atoms with Gasteiger partial charge in [0.05, 0.1) is 17.7 Å². The smallest absolute Gasteiger partial charge is 0.232 e. The first-order valence-corrected chi connectivity index (χ1v) is 7.10. The monoisotopic (exact) mass is 293 g/mol. The van der Waals surface area contributed by atoms with Crippen LogP contribution in [0.2, 0.25) is 0 Å². The molecule has 0 bridgehead atoms. The van der Waals surface area contributed by atoms with E-state index >= 15 is 0 Å². The highest BCUT2D eigenvalue weighted by Crippen LogP contribution is 2.19. The third-order valence-corrected chi connectivity index (χ3v) is 3.72. The van der Waals surface area contributed by atoms with Crippen LogP contribution in [0, 0.1) is 6.92 Å². The highest BCUT2D eigenvalue weighted by molar-refractivity contribution is 7.09. The van der Waals surface area contributed by atoms with Gasteiger partial charge in [-0.25, -0.2) is 4.98 Å². The first-order valence-electron chi connectivity index (χ1n) is 6.22. The molecule has 7 nitrogen and oxygen atoms in total. The Labute approximate surface area is 122 Å². The molecular weight excluding hydrogens is 274 g/mol. The molecule has 2 heterocycles. The van der Waals surface area contributed by atoms with E-state index in [1.54, 1.807) is 18.4 Å². The third kappa shape index (κ3) is 3.13. The van der Waals surface area contributed by atoms with Crippen LogP contribution in [0.25, 0.3) is 0 Å². The van der Waals surface area contributed by atoms with E-state index in [1.165, 1.54) is 4.88 Å². The molecule has 0 aromatic carbocycles. The summed E-state index contributed by atoms with van der Waals surface area (Å²) in [6.07, 6.45) is 0. The predicted molar refractivity (Wildman–Crippen MR) is 82.7 cm³/mol. The number of aryl methyl sites for hydroxylation is 1. The Kier molecular flexibility index (Phi) is 4.33. The molecule has 0 aliphatic heterocycles. The predicted octanol–water partition coefficient (Wildman–Crippen LogP) is 1.38. The normalized spacial score (nSPS) is 10.4. The van der Waals surface area contributed by atoms with Gasteiger partial charge in [0.15, 0.2) is 0 Å². The zero-order valence-electron chi connectivity index (χ0n) is 12.4. The first kappa shape index (κ1) is 14.4. The number of anilines is 3. The van der Waals surface area contributed by atoms with Crippen molar-refractivity contribution in [2.75, 3.05) is 43.3 Å². The average molecular weight is 293 g/mol. The van der Waals surface area contributed by atoms with Crippen molar-refractivity contribution in [3.8, 4) is 0 Å². The van der Waals surface area contributed by atoms with Gasteiger partial charge in [-0.1, -0.05) is 0 Å². The number of nitrogens with one attached hydrogen (secondary N) is 1. The van der Waals surface area contributed by atoms with Gasteiger partial charge in [-0.05, 0) is 6.92 Å². The minimum atomic E-state index is 0.562. The van der Waals surface area contributed by atoms with E-state index in [9.17, 15) is 0 Å². The van der Waals surface area contributed by atoms with Gasteiger partial charge < -0.3 is 15.1 Å². The van der Waals surface area contributed by atoms with E-state index in [-0.39, 0.29) is 0 Å². The molecular formula is C12H19N7S. The Morgan fingerprint density at radius 3 is 2.40 bits per heavy atom. The molecule has 0 spiro atoms. The van der Waals surface area contributed by atoms with Gasteiger partial charge in [0.25, 0.3) is 0 Å². The van der Waals surface area contributed by atoms with Crippen LogP contribution in [-0.2, 0) is 6.54 Å². The van der Waals surface area contributed by atoms with Gasteiger partial charge in [0, 0.05) is 33.1 Å². The van der Waals surface area contributed by atoms with Crippen molar-refractivity contribution in [2.45, 2.75) is 13.5 Å². The molecule has 1 N–H and O–H groups in total. The molecule has 2 aromatic rings. The van der Waals surface area contributed by atoms with Crippen molar-refractivity contribution >= 4 is 29.2 Å². The van der Waals surface area contributed by atoms with Crippen molar-refractivity contribution in [1.82, 2.24) is 19.9 Å². The summed E-state index contributed by atoms with van der Waals surface area (Å²) in [6.45, 7) is 2.74. The lowest BCUT2D eigenvalue weighted by Crippen LogP contribution is -2.22. The summed E-state index contributed by atoms with van der Waals surface area (Å²) >= 11 is 1.64. The van der Waals surface area contributed by atoms with Crippen molar-refractivity contribution in [3.63, 3.8) is 0 Å². The van der Waals surface area contributed by atoms with Gasteiger partial charge in [0.1, 0.15) is 0 Å². The van der Waals surface area contributed by atoms with Gasteiger partial charge in [-0.15, -0.1) is 11.3 Å². The molecule has 0 atom stereocenters. The Morgan fingerprint density at radius 2 is 1.85 bits per heavy atom. The molecule has 0 unspecified atom stereocenters. The fourth-order valence-electron chi connectivity index (χ4n) is 1.60. The molecule has 2 aromatic heterocycles. The molecule has 0 fully saturated rings. The van der Waals surface area contributed by atoms with Gasteiger partial charge in [0.2, 0.25) is 17.8 Å². The molecule has 0 saturated carbocycles. The average Bonchev–Trinajstić information content (AvgIpc) is 2.83. The van der Waals surface area contributed by atoms with E-state index < -0.39 is 0 Å². The number of thiazole rings is 1. The zero-order chi connectivity index (χ0) is 14.7. The van der Waals surface area contributed by atoms with Gasteiger partial charge >= 0.3 is 0 Å². The van der Waals surface area contributed by atoms with Crippen LogP contribution in [0.5, 0.6) is 0 Å². The molecule has 0 radical (unpaired) electrons. The molecule has 8 heteroatoms. The van der Waals surface area contributed by atoms with Crippen LogP contribution in [0.3, 0.4) is 0 Å². The maximum absolute atomic E-state index is 4.46. The number of aromatic nitrogens is 4. The Hall–Kier alpha value is -1.96. The molecule has 0 amide bonds. The van der Waals surface area contributed by atoms with Crippen LogP contribution in [0.15, 0.2) is 5.51 Å². The third-order valence-electron chi connectivity index (χ3n) is 2.80. The lowest BCUT2D eigenvalue weighted by Gasteiger charge is -2.19. The summed E-state index contributed by atoms with van der Waals surface area (Å²) in [5, 5.41) is 2.96. The number of nitrogens with zero attached hydrogens (tertiary/aromatic N) is 6. The van der Waals surface area contributed by atoms with Crippen LogP contribution >= 0.6 is 11.3 Å². The maximum atomic E-state index is 4.46. The molecule has 0 saturated heterocycles. The first-order chi connectivity index (χ1) is 9.51. The van der Waals surface area contributed by atoms with Crippen LogP contribution in [0.1, 0.15) is 10.6 Å². The Balaban J connectivity index is 2.26. The Morgan fingerprint density at radius 1 is 1.15 bits per heavy atom. The van der Waals surface area contributed by atoms with Gasteiger partial charge in [-0.2, -0.15) is 15.0 Å². The summed E-state index contributed by atoms with van der Waals surface area (Å²) in [5.41, 5.74) is 2.91. The fourth-order valence-corrected chi connectivity index (χ4v) is 2.43. The minimum absolute atomic E-state index is 0.562. The van der Waals surface area contributed by atoms with E-state index in [0.29, 0.717) is 17.8 Å². The Bertz CT molecular complexity index is 581. The lowest BCUT2D eigenvalue weighted by atomic mass is 10.4. The summed E-state index contributed by atoms with van der Waals surface area (Å²) in [5.74, 6) is 1.83. The second kappa shape index (κ2) is 6.00. The SMILES string of the molecule is CNc1nc(N(C)C)nc(N(C)Cc2scnc2C)n1. The molecule has 20 heavy (non-hydrogen) atoms. The molecule has 2 rings (SSSR count). The topological polar surface area (TPSA) is 70.1 Å². The minimum Gasteiger partial charge on any atom is -0.357 e. The van der Waals surface area contributed by atoms with Crippen molar-refractivity contribution in [1.29, 1.82) is 0 Å². The standard InChI is InChI=1S/C12H19N7S/c1-8-9(20-7-14-8)6-19(5)12-16-10(13-2)15-11(17-12)18(3)4/h7H,6H2,1-5H3,(H,13,15,16,17). The summed E-state index contributed by atoms with van der Waals surface area (Å²) in [7, 11) is 7.58. The van der Waals surface area contributed by atoms with Crippen molar-refractivity contribution < 1.29 is 0 Å². The fraction of sp³-hybridized carbons (Fsp3) is 0.500. The van der Waals surface area contributed by atoms with E-state index in [2.05, 4.69) is 25.3 Å². The number of hydrogen-bond donors (Lipinski definition) is 1. The highest BCUT2D eigenvalue weighted by atomic mass is 32.1. The van der Waals surface area contributed by atoms with Crippen LogP contribution in [0.4, 0.5) is 17.8 Å². The van der Waals surface area contributed by atoms with Crippen molar-refractivity contribution in [2.24, 2.45) is 0 Å². The lowest BCUT2D eigenvalue weighted by molar-refractivity contribution is 0.847. The van der Waals surface area contributed by atoms with Crippen molar-refractivity contribution in [3.05, 3.63) is 16.1 Å². The quantitative estimate of drug-likeness (QED) is 0.893. The summed E-state index contributed by atoms with van der Waals surface area (Å²) in [6, 6.07) is 0.